The lowest BCUT2D eigenvalue weighted by molar-refractivity contribution is 0.103. The molecule has 0 saturated carbocycles. The Morgan fingerprint density at radius 3 is 2.55 bits per heavy atom. The number of carbonyl (C=O) groups excluding carboxylic acids is 1. The predicted octanol–water partition coefficient (Wildman–Crippen LogP) is 3.61. The standard InChI is InChI=1S/C18H19NO/c1-11-8-12(2)17(19)10-16(11)18(20)15-7-6-13-4-3-5-14(13)9-15/h6-10H,3-5,19H2,1-2H3. The number of nitrogen functional groups attached to an aromatic ring is 1. The summed E-state index contributed by atoms with van der Waals surface area (Å²) in [4.78, 5) is 12.7. The van der Waals surface area contributed by atoms with E-state index in [9.17, 15) is 4.79 Å². The summed E-state index contributed by atoms with van der Waals surface area (Å²) in [5, 5.41) is 0. The van der Waals surface area contributed by atoms with E-state index in [2.05, 4.69) is 12.1 Å². The van der Waals surface area contributed by atoms with Crippen LogP contribution in [0.4, 0.5) is 5.69 Å². The van der Waals surface area contributed by atoms with Crippen LogP contribution in [0.1, 0.15) is 44.6 Å². The molecule has 0 aliphatic heterocycles. The van der Waals surface area contributed by atoms with Crippen molar-refractivity contribution >= 4 is 11.5 Å². The molecule has 2 nitrogen and oxygen atoms in total. The zero-order valence-corrected chi connectivity index (χ0v) is 12.0. The molecular formula is C18H19NO. The van der Waals surface area contributed by atoms with Gasteiger partial charge in [-0.2, -0.15) is 0 Å². The highest BCUT2D eigenvalue weighted by Gasteiger charge is 2.17. The predicted molar refractivity (Wildman–Crippen MR) is 82.2 cm³/mol. The van der Waals surface area contributed by atoms with Crippen molar-refractivity contribution < 1.29 is 4.79 Å². The maximum absolute atomic E-state index is 12.7. The van der Waals surface area contributed by atoms with Gasteiger partial charge in [-0.25, -0.2) is 0 Å². The molecule has 20 heavy (non-hydrogen) atoms. The average Bonchev–Trinajstić information content (AvgIpc) is 2.89. The normalized spacial score (nSPS) is 13.3. The molecule has 2 aromatic rings. The van der Waals surface area contributed by atoms with Crippen molar-refractivity contribution in [2.24, 2.45) is 0 Å². The zero-order valence-electron chi connectivity index (χ0n) is 12.0. The van der Waals surface area contributed by atoms with Crippen LogP contribution in [-0.4, -0.2) is 5.78 Å². The molecule has 3 rings (SSSR count). The van der Waals surface area contributed by atoms with Crippen LogP contribution >= 0.6 is 0 Å². The van der Waals surface area contributed by atoms with Gasteiger partial charge in [0.15, 0.2) is 5.78 Å². The molecule has 0 heterocycles. The number of hydrogen-bond acceptors (Lipinski definition) is 2. The van der Waals surface area contributed by atoms with E-state index in [4.69, 9.17) is 5.73 Å². The fraction of sp³-hybridized carbons (Fsp3) is 0.278. The van der Waals surface area contributed by atoms with Crippen LogP contribution in [0.15, 0.2) is 30.3 Å². The second kappa shape index (κ2) is 4.78. The van der Waals surface area contributed by atoms with E-state index < -0.39 is 0 Å². The SMILES string of the molecule is Cc1cc(C)c(C(=O)c2ccc3c(c2)CCC3)cc1N. The van der Waals surface area contributed by atoms with E-state index in [1.165, 1.54) is 17.5 Å². The fourth-order valence-electron chi connectivity index (χ4n) is 2.98. The highest BCUT2D eigenvalue weighted by molar-refractivity contribution is 6.10. The second-order valence-corrected chi connectivity index (χ2v) is 5.69. The van der Waals surface area contributed by atoms with E-state index >= 15 is 0 Å². The Morgan fingerprint density at radius 2 is 1.75 bits per heavy atom. The molecule has 2 N–H and O–H groups in total. The largest absolute Gasteiger partial charge is 0.398 e. The van der Waals surface area contributed by atoms with Gasteiger partial charge < -0.3 is 5.73 Å². The Balaban J connectivity index is 2.03. The van der Waals surface area contributed by atoms with Gasteiger partial charge in [0.25, 0.3) is 0 Å². The summed E-state index contributed by atoms with van der Waals surface area (Å²) < 4.78 is 0. The summed E-state index contributed by atoms with van der Waals surface area (Å²) >= 11 is 0. The van der Waals surface area contributed by atoms with Crippen molar-refractivity contribution in [1.82, 2.24) is 0 Å². The van der Waals surface area contributed by atoms with Crippen molar-refractivity contribution in [1.29, 1.82) is 0 Å². The number of ketones is 1. The minimum Gasteiger partial charge on any atom is -0.398 e. The molecule has 0 spiro atoms. The first-order valence-electron chi connectivity index (χ1n) is 7.09. The topological polar surface area (TPSA) is 43.1 Å². The van der Waals surface area contributed by atoms with Gasteiger partial charge in [-0.05, 0) is 67.5 Å². The highest BCUT2D eigenvalue weighted by Crippen LogP contribution is 2.25. The third-order valence-electron chi connectivity index (χ3n) is 4.22. The van der Waals surface area contributed by atoms with E-state index in [0.29, 0.717) is 11.3 Å². The lowest BCUT2D eigenvalue weighted by Crippen LogP contribution is -2.06. The van der Waals surface area contributed by atoms with Gasteiger partial charge in [-0.1, -0.05) is 18.2 Å². The third-order valence-corrected chi connectivity index (χ3v) is 4.22. The number of aryl methyl sites for hydroxylation is 4. The molecule has 102 valence electrons. The van der Waals surface area contributed by atoms with Gasteiger partial charge in [-0.3, -0.25) is 4.79 Å². The Hall–Kier alpha value is -2.09. The van der Waals surface area contributed by atoms with Crippen molar-refractivity contribution in [3.63, 3.8) is 0 Å². The summed E-state index contributed by atoms with van der Waals surface area (Å²) in [7, 11) is 0. The molecule has 2 aromatic carbocycles. The Labute approximate surface area is 119 Å². The molecule has 1 aliphatic rings. The molecule has 0 saturated heterocycles. The fourth-order valence-corrected chi connectivity index (χ4v) is 2.98. The summed E-state index contributed by atoms with van der Waals surface area (Å²) in [6.07, 6.45) is 3.43. The van der Waals surface area contributed by atoms with Gasteiger partial charge >= 0.3 is 0 Å². The second-order valence-electron chi connectivity index (χ2n) is 5.69. The molecule has 0 aromatic heterocycles. The summed E-state index contributed by atoms with van der Waals surface area (Å²) in [5.41, 5.74) is 12.8. The molecule has 0 fully saturated rings. The molecule has 0 atom stereocenters. The minimum absolute atomic E-state index is 0.0731. The Bertz CT molecular complexity index is 701. The molecule has 0 unspecified atom stereocenters. The van der Waals surface area contributed by atoms with Gasteiger partial charge in [0.05, 0.1) is 0 Å². The van der Waals surface area contributed by atoms with Crippen LogP contribution in [0.2, 0.25) is 0 Å². The number of benzene rings is 2. The first-order valence-corrected chi connectivity index (χ1v) is 7.09. The van der Waals surface area contributed by atoms with Crippen molar-refractivity contribution in [3.05, 3.63) is 63.7 Å². The smallest absolute Gasteiger partial charge is 0.193 e. The van der Waals surface area contributed by atoms with Gasteiger partial charge in [-0.15, -0.1) is 0 Å². The number of carbonyl (C=O) groups is 1. The number of hydrogen-bond donors (Lipinski definition) is 1. The minimum atomic E-state index is 0.0731. The molecular weight excluding hydrogens is 246 g/mol. The number of fused-ring (bicyclic) bond motifs is 1. The lowest BCUT2D eigenvalue weighted by Gasteiger charge is -2.10. The number of nitrogens with two attached hydrogens (primary N) is 1. The van der Waals surface area contributed by atoms with Gasteiger partial charge in [0, 0.05) is 16.8 Å². The quantitative estimate of drug-likeness (QED) is 0.666. The monoisotopic (exact) mass is 265 g/mol. The summed E-state index contributed by atoms with van der Waals surface area (Å²) in [5.74, 6) is 0.0731. The van der Waals surface area contributed by atoms with E-state index in [-0.39, 0.29) is 5.78 Å². The molecule has 2 heteroatoms. The Morgan fingerprint density at radius 1 is 1.00 bits per heavy atom. The zero-order chi connectivity index (χ0) is 14.3. The molecule has 0 bridgehead atoms. The number of rotatable bonds is 2. The summed E-state index contributed by atoms with van der Waals surface area (Å²) in [6.45, 7) is 3.93. The maximum atomic E-state index is 12.7. The van der Waals surface area contributed by atoms with Crippen LogP contribution in [0, 0.1) is 13.8 Å². The van der Waals surface area contributed by atoms with Crippen LogP contribution in [0.25, 0.3) is 0 Å². The van der Waals surface area contributed by atoms with Crippen LogP contribution in [0.3, 0.4) is 0 Å². The first kappa shape index (κ1) is 12.9. The van der Waals surface area contributed by atoms with Crippen molar-refractivity contribution in [2.75, 3.05) is 5.73 Å². The maximum Gasteiger partial charge on any atom is 0.193 e. The van der Waals surface area contributed by atoms with Crippen LogP contribution in [-0.2, 0) is 12.8 Å². The molecule has 0 radical (unpaired) electrons. The summed E-state index contributed by atoms with van der Waals surface area (Å²) in [6, 6.07) is 9.89. The van der Waals surface area contributed by atoms with Crippen molar-refractivity contribution in [3.8, 4) is 0 Å². The van der Waals surface area contributed by atoms with Gasteiger partial charge in [0.2, 0.25) is 0 Å². The molecule has 1 aliphatic carbocycles. The van der Waals surface area contributed by atoms with E-state index in [1.54, 1.807) is 6.07 Å². The lowest BCUT2D eigenvalue weighted by atomic mass is 9.95. The molecule has 0 amide bonds. The average molecular weight is 265 g/mol. The highest BCUT2D eigenvalue weighted by atomic mass is 16.1. The third kappa shape index (κ3) is 2.11. The van der Waals surface area contributed by atoms with Crippen LogP contribution in [0.5, 0.6) is 0 Å². The number of anilines is 1. The van der Waals surface area contributed by atoms with Gasteiger partial charge in [0.1, 0.15) is 0 Å². The Kier molecular flexibility index (Phi) is 3.09. The van der Waals surface area contributed by atoms with E-state index in [0.717, 1.165) is 29.5 Å². The van der Waals surface area contributed by atoms with Crippen molar-refractivity contribution in [2.45, 2.75) is 33.1 Å². The first-order chi connectivity index (χ1) is 9.56. The van der Waals surface area contributed by atoms with E-state index in [1.807, 2.05) is 26.0 Å². The van der Waals surface area contributed by atoms with Crippen LogP contribution < -0.4 is 5.73 Å².